The Balaban J connectivity index is 2.33. The maximum atomic E-state index is 5.61. The number of aryl methyl sites for hydroxylation is 1. The predicted octanol–water partition coefficient (Wildman–Crippen LogP) is 2.91. The summed E-state index contributed by atoms with van der Waals surface area (Å²) in [5.74, 6) is 1.51. The summed E-state index contributed by atoms with van der Waals surface area (Å²) in [7, 11) is 0. The summed E-state index contributed by atoms with van der Waals surface area (Å²) in [4.78, 5) is 4.44. The van der Waals surface area contributed by atoms with Crippen LogP contribution >= 0.6 is 15.9 Å². The number of rotatable bonds is 3. The van der Waals surface area contributed by atoms with Crippen LogP contribution in [0.1, 0.15) is 11.5 Å². The molecule has 0 bridgehead atoms. The van der Waals surface area contributed by atoms with Crippen LogP contribution < -0.4 is 5.73 Å². The summed E-state index contributed by atoms with van der Waals surface area (Å²) in [6.07, 6.45) is 0.756. The zero-order valence-electron chi connectivity index (χ0n) is 9.03. The third-order valence-electron chi connectivity index (χ3n) is 2.36. The fourth-order valence-corrected chi connectivity index (χ4v) is 1.78. The van der Waals surface area contributed by atoms with Gasteiger partial charge in [0.25, 0.3) is 0 Å². The SMILES string of the molecule is Cc1oc(-c2ccc(Br)cc2)nc1CCN. The van der Waals surface area contributed by atoms with Crippen molar-refractivity contribution in [2.45, 2.75) is 13.3 Å². The zero-order valence-corrected chi connectivity index (χ0v) is 10.6. The Bertz CT molecular complexity index is 476. The van der Waals surface area contributed by atoms with Crippen LogP contribution in [0.5, 0.6) is 0 Å². The van der Waals surface area contributed by atoms with E-state index in [0.29, 0.717) is 12.4 Å². The van der Waals surface area contributed by atoms with Crippen molar-refractivity contribution in [2.75, 3.05) is 6.54 Å². The Kier molecular flexibility index (Phi) is 3.41. The van der Waals surface area contributed by atoms with Gasteiger partial charge in [-0.05, 0) is 37.7 Å². The number of halogens is 1. The number of hydrogen-bond acceptors (Lipinski definition) is 3. The van der Waals surface area contributed by atoms with Crippen molar-refractivity contribution >= 4 is 15.9 Å². The molecule has 0 saturated carbocycles. The van der Waals surface area contributed by atoms with E-state index >= 15 is 0 Å². The molecule has 2 rings (SSSR count). The average Bonchev–Trinajstić information content (AvgIpc) is 2.62. The van der Waals surface area contributed by atoms with Gasteiger partial charge in [0, 0.05) is 16.5 Å². The number of nitrogens with two attached hydrogens (primary N) is 1. The maximum Gasteiger partial charge on any atom is 0.226 e. The zero-order chi connectivity index (χ0) is 11.5. The molecular formula is C12H13BrN2O. The first-order valence-electron chi connectivity index (χ1n) is 5.13. The van der Waals surface area contributed by atoms with Gasteiger partial charge in [0.15, 0.2) is 0 Å². The van der Waals surface area contributed by atoms with E-state index in [0.717, 1.165) is 27.9 Å². The average molecular weight is 281 g/mol. The molecule has 0 aliphatic rings. The summed E-state index contributed by atoms with van der Waals surface area (Å²) in [6.45, 7) is 2.51. The van der Waals surface area contributed by atoms with Gasteiger partial charge in [0.05, 0.1) is 5.69 Å². The van der Waals surface area contributed by atoms with Gasteiger partial charge in [-0.25, -0.2) is 4.98 Å². The molecule has 0 aliphatic heterocycles. The highest BCUT2D eigenvalue weighted by Crippen LogP contribution is 2.23. The molecule has 16 heavy (non-hydrogen) atoms. The van der Waals surface area contributed by atoms with Crippen LogP contribution in [0.4, 0.5) is 0 Å². The first-order valence-corrected chi connectivity index (χ1v) is 5.92. The van der Waals surface area contributed by atoms with Crippen LogP contribution in [0.2, 0.25) is 0 Å². The lowest BCUT2D eigenvalue weighted by atomic mass is 10.2. The van der Waals surface area contributed by atoms with E-state index in [1.165, 1.54) is 0 Å². The summed E-state index contributed by atoms with van der Waals surface area (Å²) < 4.78 is 6.65. The van der Waals surface area contributed by atoms with Crippen LogP contribution in [0.15, 0.2) is 33.2 Å². The summed E-state index contributed by atoms with van der Waals surface area (Å²) in [5.41, 5.74) is 7.44. The molecule has 0 atom stereocenters. The first kappa shape index (κ1) is 11.4. The minimum atomic E-state index is 0.590. The standard InChI is InChI=1S/C12H13BrN2O/c1-8-11(6-7-14)15-12(16-8)9-2-4-10(13)5-3-9/h2-5H,6-7,14H2,1H3. The quantitative estimate of drug-likeness (QED) is 0.941. The molecule has 0 aliphatic carbocycles. The topological polar surface area (TPSA) is 52.0 Å². The predicted molar refractivity (Wildman–Crippen MR) is 67.1 cm³/mol. The molecule has 84 valence electrons. The summed E-state index contributed by atoms with van der Waals surface area (Å²) in [5, 5.41) is 0. The largest absolute Gasteiger partial charge is 0.441 e. The normalized spacial score (nSPS) is 10.7. The monoisotopic (exact) mass is 280 g/mol. The molecule has 0 radical (unpaired) electrons. The van der Waals surface area contributed by atoms with Crippen LogP contribution in [-0.2, 0) is 6.42 Å². The van der Waals surface area contributed by atoms with Crippen molar-refractivity contribution in [1.29, 1.82) is 0 Å². The van der Waals surface area contributed by atoms with Crippen LogP contribution in [-0.4, -0.2) is 11.5 Å². The summed E-state index contributed by atoms with van der Waals surface area (Å²) in [6, 6.07) is 7.89. The molecular weight excluding hydrogens is 268 g/mol. The number of hydrogen-bond donors (Lipinski definition) is 1. The van der Waals surface area contributed by atoms with Gasteiger partial charge in [-0.2, -0.15) is 0 Å². The van der Waals surface area contributed by atoms with E-state index in [-0.39, 0.29) is 0 Å². The van der Waals surface area contributed by atoms with Crippen molar-refractivity contribution in [3.05, 3.63) is 40.2 Å². The van der Waals surface area contributed by atoms with Crippen molar-refractivity contribution in [3.63, 3.8) is 0 Å². The van der Waals surface area contributed by atoms with Crippen molar-refractivity contribution in [1.82, 2.24) is 4.98 Å². The lowest BCUT2D eigenvalue weighted by molar-refractivity contribution is 0.539. The van der Waals surface area contributed by atoms with Gasteiger partial charge in [-0.3, -0.25) is 0 Å². The van der Waals surface area contributed by atoms with E-state index in [1.54, 1.807) is 0 Å². The van der Waals surface area contributed by atoms with Crippen molar-refractivity contribution in [2.24, 2.45) is 5.73 Å². The fourth-order valence-electron chi connectivity index (χ4n) is 1.51. The molecule has 1 aromatic heterocycles. The van der Waals surface area contributed by atoms with E-state index in [1.807, 2.05) is 31.2 Å². The highest BCUT2D eigenvalue weighted by Gasteiger charge is 2.10. The minimum absolute atomic E-state index is 0.590. The Morgan fingerprint density at radius 2 is 2.00 bits per heavy atom. The molecule has 0 spiro atoms. The molecule has 1 heterocycles. The van der Waals surface area contributed by atoms with Gasteiger partial charge >= 0.3 is 0 Å². The Morgan fingerprint density at radius 1 is 1.31 bits per heavy atom. The first-order chi connectivity index (χ1) is 7.70. The fraction of sp³-hybridized carbons (Fsp3) is 0.250. The lowest BCUT2D eigenvalue weighted by Crippen LogP contribution is -2.03. The third-order valence-corrected chi connectivity index (χ3v) is 2.89. The van der Waals surface area contributed by atoms with Crippen molar-refractivity contribution < 1.29 is 4.42 Å². The molecule has 3 nitrogen and oxygen atoms in total. The lowest BCUT2D eigenvalue weighted by Gasteiger charge is -1.94. The second-order valence-corrected chi connectivity index (χ2v) is 4.48. The highest BCUT2D eigenvalue weighted by molar-refractivity contribution is 9.10. The second-order valence-electron chi connectivity index (χ2n) is 3.57. The molecule has 0 amide bonds. The van der Waals surface area contributed by atoms with Crippen LogP contribution in [0.3, 0.4) is 0 Å². The number of aromatic nitrogens is 1. The van der Waals surface area contributed by atoms with E-state index < -0.39 is 0 Å². The Morgan fingerprint density at radius 3 is 2.62 bits per heavy atom. The van der Waals surface area contributed by atoms with Gasteiger partial charge in [0.1, 0.15) is 5.76 Å². The molecule has 2 aromatic rings. The second kappa shape index (κ2) is 4.80. The smallest absolute Gasteiger partial charge is 0.226 e. The molecule has 0 saturated heterocycles. The Labute approximate surface area is 103 Å². The van der Waals surface area contributed by atoms with Crippen LogP contribution in [0.25, 0.3) is 11.5 Å². The van der Waals surface area contributed by atoms with Gasteiger partial charge < -0.3 is 10.2 Å². The van der Waals surface area contributed by atoms with Gasteiger partial charge in [0.2, 0.25) is 5.89 Å². The van der Waals surface area contributed by atoms with Crippen molar-refractivity contribution in [3.8, 4) is 11.5 Å². The molecule has 0 fully saturated rings. The number of benzene rings is 1. The number of oxazole rings is 1. The van der Waals surface area contributed by atoms with E-state index in [2.05, 4.69) is 20.9 Å². The van der Waals surface area contributed by atoms with E-state index in [4.69, 9.17) is 10.2 Å². The van der Waals surface area contributed by atoms with E-state index in [9.17, 15) is 0 Å². The van der Waals surface area contributed by atoms with Gasteiger partial charge in [-0.1, -0.05) is 15.9 Å². The van der Waals surface area contributed by atoms with Crippen LogP contribution in [0, 0.1) is 6.92 Å². The number of nitrogens with zero attached hydrogens (tertiary/aromatic N) is 1. The molecule has 4 heteroatoms. The van der Waals surface area contributed by atoms with Gasteiger partial charge in [-0.15, -0.1) is 0 Å². The molecule has 0 unspecified atom stereocenters. The highest BCUT2D eigenvalue weighted by atomic mass is 79.9. The summed E-state index contributed by atoms with van der Waals surface area (Å²) >= 11 is 3.39. The third kappa shape index (κ3) is 2.33. The maximum absolute atomic E-state index is 5.61. The molecule has 1 aromatic carbocycles. The minimum Gasteiger partial charge on any atom is -0.441 e. The molecule has 2 N–H and O–H groups in total. The Hall–Kier alpha value is -1.13.